The van der Waals surface area contributed by atoms with Gasteiger partial charge in [0.2, 0.25) is 0 Å². The summed E-state index contributed by atoms with van der Waals surface area (Å²) < 4.78 is 6.86. The molecule has 1 aromatic heterocycles. The number of carbonyl (C=O) groups excluding carboxylic acids is 2. The number of amides is 2. The molecule has 9 heteroatoms. The molecule has 0 fully saturated rings. The summed E-state index contributed by atoms with van der Waals surface area (Å²) in [5.74, 6) is -1.81. The van der Waals surface area contributed by atoms with E-state index in [1.54, 1.807) is 7.05 Å². The van der Waals surface area contributed by atoms with Gasteiger partial charge in [0.25, 0.3) is 5.91 Å². The summed E-state index contributed by atoms with van der Waals surface area (Å²) >= 11 is 0. The molecule has 1 heterocycles. The Morgan fingerprint density at radius 3 is 2.28 bits per heavy atom. The van der Waals surface area contributed by atoms with Crippen molar-refractivity contribution in [2.75, 3.05) is 25.5 Å². The average molecular weight is 434 g/mol. The van der Waals surface area contributed by atoms with Crippen LogP contribution in [0.1, 0.15) is 27.4 Å². The lowest BCUT2D eigenvalue weighted by molar-refractivity contribution is -0.137. The van der Waals surface area contributed by atoms with E-state index in [0.29, 0.717) is 0 Å². The quantitative estimate of drug-likeness (QED) is 0.617. The van der Waals surface area contributed by atoms with E-state index in [1.165, 1.54) is 17.9 Å². The number of anilines is 1. The average Bonchev–Trinajstić information content (AvgIpc) is 3.28. The number of benzene rings is 2. The second-order valence-corrected chi connectivity index (χ2v) is 7.57. The third kappa shape index (κ3) is 4.04. The molecule has 0 spiro atoms. The highest BCUT2D eigenvalue weighted by Crippen LogP contribution is 2.44. The fraction of sp³-hybridized carbons (Fsp3) is 0.217. The van der Waals surface area contributed by atoms with Gasteiger partial charge in [-0.1, -0.05) is 48.5 Å². The first kappa shape index (κ1) is 21.1. The van der Waals surface area contributed by atoms with Crippen LogP contribution in [0.2, 0.25) is 0 Å². The van der Waals surface area contributed by atoms with Crippen LogP contribution in [0, 0.1) is 0 Å². The van der Waals surface area contributed by atoms with Gasteiger partial charge in [-0.05, 0) is 22.3 Å². The van der Waals surface area contributed by atoms with Gasteiger partial charge in [-0.3, -0.25) is 19.6 Å². The van der Waals surface area contributed by atoms with Gasteiger partial charge in [0.15, 0.2) is 5.82 Å². The van der Waals surface area contributed by atoms with Crippen LogP contribution in [0.5, 0.6) is 0 Å². The molecule has 3 aromatic rings. The number of carboxylic acids is 1. The Balaban J connectivity index is 1.47. The van der Waals surface area contributed by atoms with Gasteiger partial charge >= 0.3 is 12.1 Å². The van der Waals surface area contributed by atoms with E-state index in [2.05, 4.69) is 10.4 Å². The SMILES string of the molecule is CN(CC(=O)O)C(=O)c1cn(C)nc1NC(=O)OCC1c2ccccc2-c2ccccc21. The Morgan fingerprint density at radius 1 is 1.09 bits per heavy atom. The van der Waals surface area contributed by atoms with Crippen LogP contribution < -0.4 is 5.32 Å². The van der Waals surface area contributed by atoms with Gasteiger partial charge in [-0.15, -0.1) is 0 Å². The minimum Gasteiger partial charge on any atom is -0.480 e. The molecule has 0 saturated carbocycles. The molecular formula is C23H22N4O5. The lowest BCUT2D eigenvalue weighted by atomic mass is 9.98. The zero-order valence-electron chi connectivity index (χ0n) is 17.6. The number of aryl methyl sites for hydroxylation is 1. The van der Waals surface area contributed by atoms with Crippen molar-refractivity contribution < 1.29 is 24.2 Å². The van der Waals surface area contributed by atoms with Gasteiger partial charge in [-0.25, -0.2) is 4.79 Å². The fourth-order valence-electron chi connectivity index (χ4n) is 3.95. The number of ether oxygens (including phenoxy) is 1. The molecule has 0 radical (unpaired) electrons. The highest BCUT2D eigenvalue weighted by Gasteiger charge is 2.29. The van der Waals surface area contributed by atoms with E-state index in [9.17, 15) is 14.4 Å². The third-order valence-electron chi connectivity index (χ3n) is 5.34. The van der Waals surface area contributed by atoms with Gasteiger partial charge in [-0.2, -0.15) is 5.10 Å². The van der Waals surface area contributed by atoms with Crippen LogP contribution in [0.15, 0.2) is 54.7 Å². The number of nitrogens with one attached hydrogen (secondary N) is 1. The van der Waals surface area contributed by atoms with Gasteiger partial charge in [0.05, 0.1) is 0 Å². The normalized spacial score (nSPS) is 12.1. The number of aromatic nitrogens is 2. The summed E-state index contributed by atoms with van der Waals surface area (Å²) in [4.78, 5) is 37.0. The van der Waals surface area contributed by atoms with Crippen LogP contribution in [0.3, 0.4) is 0 Å². The molecule has 4 rings (SSSR count). The van der Waals surface area contributed by atoms with Crippen LogP contribution in [-0.2, 0) is 16.6 Å². The van der Waals surface area contributed by atoms with E-state index in [-0.39, 0.29) is 23.9 Å². The predicted molar refractivity (Wildman–Crippen MR) is 116 cm³/mol. The summed E-state index contributed by atoms with van der Waals surface area (Å²) in [5, 5.41) is 15.5. The second kappa shape index (κ2) is 8.54. The van der Waals surface area contributed by atoms with E-state index >= 15 is 0 Å². The molecule has 1 aliphatic rings. The molecule has 0 aliphatic heterocycles. The van der Waals surface area contributed by atoms with Gasteiger partial charge < -0.3 is 14.7 Å². The number of carboxylic acid groups (broad SMARTS) is 1. The Kier molecular flexibility index (Phi) is 5.63. The summed E-state index contributed by atoms with van der Waals surface area (Å²) in [6, 6.07) is 16.0. The van der Waals surface area contributed by atoms with Crippen molar-refractivity contribution in [1.82, 2.24) is 14.7 Å². The maximum atomic E-state index is 12.6. The van der Waals surface area contributed by atoms with Crippen molar-refractivity contribution in [3.05, 3.63) is 71.4 Å². The monoisotopic (exact) mass is 434 g/mol. The van der Waals surface area contributed by atoms with Crippen molar-refractivity contribution in [2.45, 2.75) is 5.92 Å². The highest BCUT2D eigenvalue weighted by molar-refractivity contribution is 6.02. The Bertz CT molecular complexity index is 1160. The number of carbonyl (C=O) groups is 3. The summed E-state index contributed by atoms with van der Waals surface area (Å²) in [7, 11) is 2.96. The number of hydrogen-bond donors (Lipinski definition) is 2. The number of fused-ring (bicyclic) bond motifs is 3. The summed E-state index contributed by atoms with van der Waals surface area (Å²) in [6.07, 6.45) is 0.667. The summed E-state index contributed by atoms with van der Waals surface area (Å²) in [5.41, 5.74) is 4.49. The lowest BCUT2D eigenvalue weighted by Crippen LogP contribution is -2.32. The largest absolute Gasteiger partial charge is 0.480 e. The summed E-state index contributed by atoms with van der Waals surface area (Å²) in [6.45, 7) is -0.354. The number of hydrogen-bond acceptors (Lipinski definition) is 5. The molecule has 0 bridgehead atoms. The maximum absolute atomic E-state index is 12.6. The van der Waals surface area contributed by atoms with Crippen molar-refractivity contribution in [2.24, 2.45) is 7.05 Å². The number of aliphatic carboxylic acids is 1. The molecule has 164 valence electrons. The highest BCUT2D eigenvalue weighted by atomic mass is 16.5. The zero-order chi connectivity index (χ0) is 22.8. The topological polar surface area (TPSA) is 114 Å². The van der Waals surface area contributed by atoms with E-state index in [1.807, 2.05) is 48.5 Å². The van der Waals surface area contributed by atoms with Gasteiger partial charge in [0, 0.05) is 26.2 Å². The van der Waals surface area contributed by atoms with Crippen molar-refractivity contribution >= 4 is 23.8 Å². The number of likely N-dealkylation sites (N-methyl/N-ethyl adjacent to an activating group) is 1. The van der Waals surface area contributed by atoms with Crippen LogP contribution in [-0.4, -0.2) is 58.0 Å². The smallest absolute Gasteiger partial charge is 0.412 e. The molecule has 2 N–H and O–H groups in total. The van der Waals surface area contributed by atoms with Crippen molar-refractivity contribution in [1.29, 1.82) is 0 Å². The molecule has 0 unspecified atom stereocenters. The van der Waals surface area contributed by atoms with Crippen molar-refractivity contribution in [3.8, 4) is 11.1 Å². The first-order valence-corrected chi connectivity index (χ1v) is 9.98. The van der Waals surface area contributed by atoms with E-state index in [4.69, 9.17) is 9.84 Å². The standard InChI is InChI=1S/C23H22N4O5/c1-26(12-20(28)29)22(30)18-11-27(2)25-21(18)24-23(31)32-13-19-16-9-5-3-7-14(16)15-8-4-6-10-17(15)19/h3-11,19H,12-13H2,1-2H3,(H,28,29)(H,24,25,31). The lowest BCUT2D eigenvalue weighted by Gasteiger charge is -2.15. The van der Waals surface area contributed by atoms with Crippen LogP contribution in [0.4, 0.5) is 10.6 Å². The predicted octanol–water partition coefficient (Wildman–Crippen LogP) is 2.94. The third-order valence-corrected chi connectivity index (χ3v) is 5.34. The molecule has 1 aliphatic carbocycles. The minimum absolute atomic E-state index is 0.00645. The number of rotatable bonds is 6. The number of nitrogens with zero attached hydrogens (tertiary/aromatic N) is 3. The molecule has 2 aromatic carbocycles. The first-order valence-electron chi connectivity index (χ1n) is 9.98. The molecular weight excluding hydrogens is 412 g/mol. The van der Waals surface area contributed by atoms with Gasteiger partial charge in [0.1, 0.15) is 18.7 Å². The Hall–Kier alpha value is -4.14. The van der Waals surface area contributed by atoms with Crippen LogP contribution in [0.25, 0.3) is 11.1 Å². The molecule has 0 saturated heterocycles. The first-order chi connectivity index (χ1) is 15.3. The molecule has 0 atom stereocenters. The molecule has 9 nitrogen and oxygen atoms in total. The fourth-order valence-corrected chi connectivity index (χ4v) is 3.95. The van der Waals surface area contributed by atoms with E-state index < -0.39 is 24.5 Å². The molecule has 2 amide bonds. The van der Waals surface area contributed by atoms with Crippen LogP contribution >= 0.6 is 0 Å². The second-order valence-electron chi connectivity index (χ2n) is 7.57. The van der Waals surface area contributed by atoms with Crippen molar-refractivity contribution in [3.63, 3.8) is 0 Å². The minimum atomic E-state index is -1.14. The molecule has 32 heavy (non-hydrogen) atoms. The van der Waals surface area contributed by atoms with E-state index in [0.717, 1.165) is 27.2 Å². The Labute approximate surface area is 184 Å². The maximum Gasteiger partial charge on any atom is 0.412 e. The Morgan fingerprint density at radius 2 is 1.69 bits per heavy atom. The zero-order valence-corrected chi connectivity index (χ0v) is 17.6.